The van der Waals surface area contributed by atoms with Crippen LogP contribution in [-0.4, -0.2) is 88.1 Å². The molecule has 9 nitrogen and oxygen atoms in total. The van der Waals surface area contributed by atoms with E-state index in [1.165, 1.54) is 30.5 Å². The molecule has 2 aromatic rings. The predicted octanol–water partition coefficient (Wildman–Crippen LogP) is 0.387. The van der Waals surface area contributed by atoms with E-state index in [-0.39, 0.29) is 10.5 Å². The van der Waals surface area contributed by atoms with Crippen molar-refractivity contribution in [2.24, 2.45) is 0 Å². The summed E-state index contributed by atoms with van der Waals surface area (Å²) in [7, 11) is 3.45. The Morgan fingerprint density at radius 2 is 1.74 bits per heavy atom. The molecule has 0 bridgehead atoms. The number of anilines is 1. The molecular formula is C21H32N6O3S. The number of piperazine rings is 1. The molecule has 0 atom stereocenters. The third-order valence-corrected chi connectivity index (χ3v) is 7.32. The highest BCUT2D eigenvalue weighted by Gasteiger charge is 2.21. The van der Waals surface area contributed by atoms with Crippen LogP contribution >= 0.6 is 0 Å². The number of rotatable bonds is 8. The number of likely N-dealkylation sites (N-methyl/N-ethyl adjacent to an activating group) is 1. The lowest BCUT2D eigenvalue weighted by atomic mass is 10.2. The molecule has 0 radical (unpaired) electrons. The van der Waals surface area contributed by atoms with Crippen LogP contribution in [0, 0.1) is 0 Å². The minimum absolute atomic E-state index is 0.190. The van der Waals surface area contributed by atoms with Gasteiger partial charge in [0.15, 0.2) is 5.82 Å². The largest absolute Gasteiger partial charge is 0.349 e. The van der Waals surface area contributed by atoms with E-state index in [1.807, 2.05) is 11.9 Å². The van der Waals surface area contributed by atoms with Gasteiger partial charge in [-0.15, -0.1) is 0 Å². The molecule has 0 amide bonds. The molecule has 1 aliphatic rings. The van der Waals surface area contributed by atoms with Crippen molar-refractivity contribution in [2.45, 2.75) is 17.7 Å². The number of aryl methyl sites for hydroxylation is 1. The van der Waals surface area contributed by atoms with Crippen molar-refractivity contribution < 1.29 is 8.42 Å². The fourth-order valence-corrected chi connectivity index (χ4v) is 4.40. The highest BCUT2D eigenvalue weighted by molar-refractivity contribution is 7.89. The topological polar surface area (TPSA) is 90.8 Å². The van der Waals surface area contributed by atoms with Gasteiger partial charge in [-0.25, -0.2) is 17.7 Å². The second kappa shape index (κ2) is 9.90. The number of hydrogen-bond acceptors (Lipinski definition) is 7. The molecule has 0 aliphatic carbocycles. The van der Waals surface area contributed by atoms with Gasteiger partial charge in [0, 0.05) is 52.2 Å². The average molecular weight is 449 g/mol. The molecule has 0 unspecified atom stereocenters. The van der Waals surface area contributed by atoms with Gasteiger partial charge in [0.25, 0.3) is 5.56 Å². The standard InChI is InChI=1S/C21H32N6O3S/c1-22-11-5-6-17-16-27(18-7-9-19(10-8-18)31(29,30)24(2)3)21(28)20(23-17)26-14-12-25(4)13-15-26/h7-10,16,22H,5-6,11-15H2,1-4H3. The molecule has 1 fully saturated rings. The van der Waals surface area contributed by atoms with E-state index in [2.05, 4.69) is 17.3 Å². The molecule has 0 saturated carbocycles. The summed E-state index contributed by atoms with van der Waals surface area (Å²) in [6.45, 7) is 4.11. The van der Waals surface area contributed by atoms with E-state index >= 15 is 0 Å². The van der Waals surface area contributed by atoms with Crippen LogP contribution in [0.25, 0.3) is 5.69 Å². The first kappa shape index (κ1) is 23.4. The molecule has 3 rings (SSSR count). The van der Waals surface area contributed by atoms with E-state index in [0.29, 0.717) is 11.5 Å². The molecule has 0 spiro atoms. The molecule has 1 aliphatic heterocycles. The summed E-state index contributed by atoms with van der Waals surface area (Å²) >= 11 is 0. The van der Waals surface area contributed by atoms with Crippen LogP contribution in [0.5, 0.6) is 0 Å². The zero-order valence-electron chi connectivity index (χ0n) is 18.7. The lowest BCUT2D eigenvalue weighted by Crippen LogP contribution is -2.47. The summed E-state index contributed by atoms with van der Waals surface area (Å²) in [6.07, 6.45) is 3.42. The van der Waals surface area contributed by atoms with Gasteiger partial charge in [0.05, 0.1) is 10.6 Å². The van der Waals surface area contributed by atoms with Gasteiger partial charge in [0.2, 0.25) is 10.0 Å². The highest BCUT2D eigenvalue weighted by atomic mass is 32.2. The maximum Gasteiger partial charge on any atom is 0.298 e. The Morgan fingerprint density at radius 3 is 2.32 bits per heavy atom. The second-order valence-electron chi connectivity index (χ2n) is 8.01. The molecule has 31 heavy (non-hydrogen) atoms. The van der Waals surface area contributed by atoms with Gasteiger partial charge in [-0.05, 0) is 57.7 Å². The van der Waals surface area contributed by atoms with E-state index in [9.17, 15) is 13.2 Å². The number of nitrogens with zero attached hydrogens (tertiary/aromatic N) is 5. The third kappa shape index (κ3) is 5.32. The van der Waals surface area contributed by atoms with E-state index in [1.54, 1.807) is 22.9 Å². The van der Waals surface area contributed by atoms with E-state index in [4.69, 9.17) is 4.98 Å². The van der Waals surface area contributed by atoms with E-state index in [0.717, 1.165) is 51.3 Å². The van der Waals surface area contributed by atoms with Crippen molar-refractivity contribution in [1.82, 2.24) is 24.1 Å². The van der Waals surface area contributed by atoms with Crippen molar-refractivity contribution in [3.05, 3.63) is 46.5 Å². The van der Waals surface area contributed by atoms with Gasteiger partial charge >= 0.3 is 0 Å². The average Bonchev–Trinajstić information content (AvgIpc) is 2.75. The quantitative estimate of drug-likeness (QED) is 0.584. The van der Waals surface area contributed by atoms with Gasteiger partial charge in [0.1, 0.15) is 0 Å². The fourth-order valence-electron chi connectivity index (χ4n) is 3.50. The van der Waals surface area contributed by atoms with Crippen LogP contribution < -0.4 is 15.8 Å². The Hall–Kier alpha value is -2.27. The molecule has 1 aromatic heterocycles. The number of aromatic nitrogens is 2. The summed E-state index contributed by atoms with van der Waals surface area (Å²) in [5, 5.41) is 3.13. The van der Waals surface area contributed by atoms with Crippen LogP contribution in [0.2, 0.25) is 0 Å². The maximum atomic E-state index is 13.3. The Labute approximate surface area is 184 Å². The lowest BCUT2D eigenvalue weighted by molar-refractivity contribution is 0.311. The lowest BCUT2D eigenvalue weighted by Gasteiger charge is -2.33. The van der Waals surface area contributed by atoms with Gasteiger partial charge in [-0.3, -0.25) is 9.36 Å². The van der Waals surface area contributed by atoms with Crippen LogP contribution in [0.3, 0.4) is 0 Å². The predicted molar refractivity (Wildman–Crippen MR) is 123 cm³/mol. The smallest absolute Gasteiger partial charge is 0.298 e. The van der Waals surface area contributed by atoms with E-state index < -0.39 is 10.0 Å². The number of benzene rings is 1. The summed E-state index contributed by atoms with van der Waals surface area (Å²) in [4.78, 5) is 22.5. The third-order valence-electron chi connectivity index (χ3n) is 5.49. The number of sulfonamides is 1. The van der Waals surface area contributed by atoms with Gasteiger partial charge < -0.3 is 15.1 Å². The SMILES string of the molecule is CNCCCc1cn(-c2ccc(S(=O)(=O)N(C)C)cc2)c(=O)c(N2CCN(C)CC2)n1. The molecular weight excluding hydrogens is 416 g/mol. The van der Waals surface area contributed by atoms with Crippen LogP contribution in [0.15, 0.2) is 40.2 Å². The number of hydrogen-bond donors (Lipinski definition) is 1. The second-order valence-corrected chi connectivity index (χ2v) is 10.2. The summed E-state index contributed by atoms with van der Waals surface area (Å²) in [5.74, 6) is 0.458. The van der Waals surface area contributed by atoms with Gasteiger partial charge in [-0.1, -0.05) is 0 Å². The molecule has 1 aromatic carbocycles. The van der Waals surface area contributed by atoms with Crippen molar-refractivity contribution in [3.8, 4) is 5.69 Å². The van der Waals surface area contributed by atoms with Gasteiger partial charge in [-0.2, -0.15) is 0 Å². The monoisotopic (exact) mass is 448 g/mol. The van der Waals surface area contributed by atoms with Crippen LogP contribution in [-0.2, 0) is 16.4 Å². The Morgan fingerprint density at radius 1 is 1.10 bits per heavy atom. The van der Waals surface area contributed by atoms with Crippen molar-refractivity contribution >= 4 is 15.8 Å². The summed E-state index contributed by atoms with van der Waals surface area (Å²) in [5.41, 5.74) is 1.27. The van der Waals surface area contributed by atoms with Crippen molar-refractivity contribution in [2.75, 3.05) is 65.8 Å². The first-order valence-electron chi connectivity index (χ1n) is 10.5. The molecule has 1 N–H and O–H groups in total. The fraction of sp³-hybridized carbons (Fsp3) is 0.524. The minimum atomic E-state index is -3.53. The zero-order valence-corrected chi connectivity index (χ0v) is 19.5. The molecule has 2 heterocycles. The van der Waals surface area contributed by atoms with Crippen LogP contribution in [0.4, 0.5) is 5.82 Å². The zero-order chi connectivity index (χ0) is 22.6. The summed E-state index contributed by atoms with van der Waals surface area (Å²) < 4.78 is 27.5. The first-order valence-corrected chi connectivity index (χ1v) is 11.9. The normalized spacial score (nSPS) is 15.6. The molecule has 10 heteroatoms. The maximum absolute atomic E-state index is 13.3. The molecule has 170 valence electrons. The van der Waals surface area contributed by atoms with Crippen molar-refractivity contribution in [3.63, 3.8) is 0 Å². The van der Waals surface area contributed by atoms with Crippen molar-refractivity contribution in [1.29, 1.82) is 0 Å². The highest BCUT2D eigenvalue weighted by Crippen LogP contribution is 2.18. The summed E-state index contributed by atoms with van der Waals surface area (Å²) in [6, 6.07) is 6.41. The Balaban J connectivity index is 2.01. The minimum Gasteiger partial charge on any atom is -0.349 e. The first-order chi connectivity index (χ1) is 14.7. The van der Waals surface area contributed by atoms with Crippen LogP contribution in [0.1, 0.15) is 12.1 Å². The molecule has 1 saturated heterocycles. The Bertz CT molecular complexity index is 1040. The number of nitrogens with one attached hydrogen (secondary N) is 1. The Kier molecular flexibility index (Phi) is 7.47.